The lowest BCUT2D eigenvalue weighted by Crippen LogP contribution is -2.08. The number of hydrogen-bond donors (Lipinski definition) is 0. The fourth-order valence-electron chi connectivity index (χ4n) is 2.59. The molecule has 25 heavy (non-hydrogen) atoms. The zero-order chi connectivity index (χ0) is 18.2. The van der Waals surface area contributed by atoms with Crippen molar-refractivity contribution in [3.8, 4) is 18.1 Å². The first-order valence-corrected chi connectivity index (χ1v) is 8.22. The molecule has 0 unspecified atom stereocenters. The first-order valence-electron chi connectivity index (χ1n) is 7.46. The summed E-state index contributed by atoms with van der Waals surface area (Å²) in [7, 11) is 0. The predicted molar refractivity (Wildman–Crippen MR) is 91.8 cm³/mol. The van der Waals surface area contributed by atoms with Crippen LogP contribution in [0.25, 0.3) is 0 Å². The Bertz CT molecular complexity index is 849. The Balaban J connectivity index is 1.87. The summed E-state index contributed by atoms with van der Waals surface area (Å²) in [6.07, 6.45) is 2.59. The topological polar surface area (TPSA) is 9.23 Å². The fourth-order valence-corrected chi connectivity index (χ4v) is 3.26. The van der Waals surface area contributed by atoms with Crippen molar-refractivity contribution in [1.82, 2.24) is 0 Å². The standard InChI is InChI=1S/C19H12Cl2F3O/c1-2-11-5-6-15(9-16(11)19(22,23)24)25-10-13-7-14(20)8-17(21)18(13)12-3-4-12/h1,5-10,12H,3-4H2. The highest BCUT2D eigenvalue weighted by atomic mass is 35.5. The SMILES string of the molecule is C#Cc1ccc(O[CH]c2cc(Cl)cc(Cl)c2C2CC2)cc1C(F)(F)F. The molecule has 1 radical (unpaired) electrons. The summed E-state index contributed by atoms with van der Waals surface area (Å²) in [4.78, 5) is 0. The number of alkyl halides is 3. The molecular weight excluding hydrogens is 372 g/mol. The second kappa shape index (κ2) is 6.82. The van der Waals surface area contributed by atoms with Crippen molar-refractivity contribution in [2.75, 3.05) is 0 Å². The lowest BCUT2D eigenvalue weighted by atomic mass is 10.0. The van der Waals surface area contributed by atoms with Gasteiger partial charge in [0.1, 0.15) is 5.75 Å². The minimum atomic E-state index is -4.56. The molecule has 6 heteroatoms. The average molecular weight is 384 g/mol. The fraction of sp³-hybridized carbons (Fsp3) is 0.211. The number of hydrogen-bond acceptors (Lipinski definition) is 1. The van der Waals surface area contributed by atoms with Crippen LogP contribution in [0.15, 0.2) is 30.3 Å². The van der Waals surface area contributed by atoms with Gasteiger partial charge in [-0.1, -0.05) is 29.1 Å². The van der Waals surface area contributed by atoms with Crippen molar-refractivity contribution >= 4 is 23.2 Å². The van der Waals surface area contributed by atoms with Crippen molar-refractivity contribution in [2.45, 2.75) is 24.9 Å². The zero-order valence-electron chi connectivity index (χ0n) is 12.8. The van der Waals surface area contributed by atoms with Gasteiger partial charge in [0.15, 0.2) is 6.61 Å². The Morgan fingerprint density at radius 3 is 2.48 bits per heavy atom. The highest BCUT2D eigenvalue weighted by Crippen LogP contribution is 2.46. The van der Waals surface area contributed by atoms with Crippen LogP contribution in [0.3, 0.4) is 0 Å². The molecule has 0 N–H and O–H groups in total. The maximum absolute atomic E-state index is 13.1. The zero-order valence-corrected chi connectivity index (χ0v) is 14.3. The van der Waals surface area contributed by atoms with Gasteiger partial charge in [0.25, 0.3) is 0 Å². The van der Waals surface area contributed by atoms with Crippen LogP contribution in [0.2, 0.25) is 10.0 Å². The van der Waals surface area contributed by atoms with Gasteiger partial charge in [-0.2, -0.15) is 13.2 Å². The quantitative estimate of drug-likeness (QED) is 0.550. The van der Waals surface area contributed by atoms with Crippen LogP contribution in [0.4, 0.5) is 13.2 Å². The normalized spacial score (nSPS) is 14.2. The third-order valence-electron chi connectivity index (χ3n) is 3.89. The summed E-state index contributed by atoms with van der Waals surface area (Å²) < 4.78 is 44.6. The van der Waals surface area contributed by atoms with E-state index >= 15 is 0 Å². The Hall–Kier alpha value is -1.83. The Morgan fingerprint density at radius 2 is 1.88 bits per heavy atom. The molecule has 0 saturated heterocycles. The summed E-state index contributed by atoms with van der Waals surface area (Å²) >= 11 is 12.3. The summed E-state index contributed by atoms with van der Waals surface area (Å²) in [5, 5.41) is 0.964. The third-order valence-corrected chi connectivity index (χ3v) is 4.42. The van der Waals surface area contributed by atoms with Crippen LogP contribution < -0.4 is 4.74 Å². The smallest absolute Gasteiger partial charge is 0.417 e. The van der Waals surface area contributed by atoms with E-state index in [0.29, 0.717) is 21.5 Å². The molecule has 0 heterocycles. The van der Waals surface area contributed by atoms with Crippen LogP contribution in [-0.4, -0.2) is 0 Å². The van der Waals surface area contributed by atoms with Gasteiger partial charge >= 0.3 is 6.18 Å². The maximum atomic E-state index is 13.1. The van der Waals surface area contributed by atoms with Crippen molar-refractivity contribution in [1.29, 1.82) is 0 Å². The number of rotatable bonds is 4. The minimum Gasteiger partial charge on any atom is -0.481 e. The van der Waals surface area contributed by atoms with E-state index in [4.69, 9.17) is 34.4 Å². The largest absolute Gasteiger partial charge is 0.481 e. The molecule has 0 spiro atoms. The second-order valence-electron chi connectivity index (χ2n) is 5.75. The van der Waals surface area contributed by atoms with Crippen molar-refractivity contribution < 1.29 is 17.9 Å². The van der Waals surface area contributed by atoms with Crippen LogP contribution in [0, 0.1) is 19.0 Å². The van der Waals surface area contributed by atoms with Gasteiger partial charge in [-0.25, -0.2) is 0 Å². The molecule has 0 bridgehead atoms. The molecule has 2 aromatic carbocycles. The molecule has 1 nitrogen and oxygen atoms in total. The second-order valence-corrected chi connectivity index (χ2v) is 6.59. The van der Waals surface area contributed by atoms with E-state index in [1.807, 2.05) is 5.92 Å². The van der Waals surface area contributed by atoms with Gasteiger partial charge in [-0.15, -0.1) is 6.42 Å². The average Bonchev–Trinajstić information content (AvgIpc) is 3.36. The van der Waals surface area contributed by atoms with Crippen LogP contribution in [0.1, 0.15) is 41.0 Å². The first kappa shape index (κ1) is 18.0. The minimum absolute atomic E-state index is 0.0316. The summed E-state index contributed by atoms with van der Waals surface area (Å²) in [6, 6.07) is 6.82. The molecule has 1 fully saturated rings. The molecule has 2 aromatic rings. The summed E-state index contributed by atoms with van der Waals surface area (Å²) in [6.45, 7) is 1.37. The molecule has 0 amide bonds. The van der Waals surface area contributed by atoms with Crippen molar-refractivity contribution in [3.63, 3.8) is 0 Å². The first-order chi connectivity index (χ1) is 11.8. The van der Waals surface area contributed by atoms with E-state index in [2.05, 4.69) is 0 Å². The van der Waals surface area contributed by atoms with Crippen LogP contribution >= 0.6 is 23.2 Å². The molecule has 1 saturated carbocycles. The highest BCUT2D eigenvalue weighted by molar-refractivity contribution is 6.35. The van der Waals surface area contributed by atoms with E-state index < -0.39 is 11.7 Å². The van der Waals surface area contributed by atoms with Gasteiger partial charge in [-0.05, 0) is 54.7 Å². The van der Waals surface area contributed by atoms with Crippen LogP contribution in [-0.2, 0) is 6.18 Å². The van der Waals surface area contributed by atoms with Crippen molar-refractivity contribution in [2.24, 2.45) is 0 Å². The summed E-state index contributed by atoms with van der Waals surface area (Å²) in [5.41, 5.74) is 0.425. The van der Waals surface area contributed by atoms with E-state index in [1.54, 1.807) is 12.1 Å². The molecule has 129 valence electrons. The van der Waals surface area contributed by atoms with E-state index in [1.165, 1.54) is 18.7 Å². The number of ether oxygens (including phenoxy) is 1. The monoisotopic (exact) mass is 383 g/mol. The lowest BCUT2D eigenvalue weighted by molar-refractivity contribution is -0.137. The lowest BCUT2D eigenvalue weighted by Gasteiger charge is -2.14. The third kappa shape index (κ3) is 4.05. The Kier molecular flexibility index (Phi) is 4.90. The predicted octanol–water partition coefficient (Wildman–Crippen LogP) is 6.46. The van der Waals surface area contributed by atoms with Gasteiger partial charge in [0.05, 0.1) is 5.56 Å². The van der Waals surface area contributed by atoms with Crippen molar-refractivity contribution in [3.05, 3.63) is 69.2 Å². The van der Waals surface area contributed by atoms with E-state index in [-0.39, 0.29) is 11.3 Å². The Labute approximate surface area is 153 Å². The molecule has 1 aliphatic carbocycles. The molecule has 0 atom stereocenters. The van der Waals surface area contributed by atoms with Gasteiger partial charge in [0.2, 0.25) is 0 Å². The number of halogens is 5. The molecule has 0 aliphatic heterocycles. The molecule has 1 aliphatic rings. The molecule has 3 rings (SSSR count). The van der Waals surface area contributed by atoms with Gasteiger partial charge < -0.3 is 4.74 Å². The molecular formula is C19H12Cl2F3O. The number of terminal acetylenes is 1. The summed E-state index contributed by atoms with van der Waals surface area (Å²) in [5.74, 6) is 2.39. The Morgan fingerprint density at radius 1 is 1.16 bits per heavy atom. The maximum Gasteiger partial charge on any atom is 0.417 e. The van der Waals surface area contributed by atoms with E-state index in [9.17, 15) is 13.2 Å². The number of benzene rings is 2. The van der Waals surface area contributed by atoms with Crippen LogP contribution in [0.5, 0.6) is 5.75 Å². The molecule has 0 aromatic heterocycles. The highest BCUT2D eigenvalue weighted by Gasteiger charge is 2.34. The van der Waals surface area contributed by atoms with E-state index in [0.717, 1.165) is 24.5 Å². The van der Waals surface area contributed by atoms with Gasteiger partial charge in [-0.3, -0.25) is 0 Å². The van der Waals surface area contributed by atoms with Gasteiger partial charge in [0, 0.05) is 21.2 Å².